The van der Waals surface area contributed by atoms with Crippen LogP contribution >= 0.6 is 0 Å². The molecule has 0 bridgehead atoms. The van der Waals surface area contributed by atoms with Gasteiger partial charge in [0.2, 0.25) is 0 Å². The molecule has 0 radical (unpaired) electrons. The Bertz CT molecular complexity index is 444. The van der Waals surface area contributed by atoms with Crippen LogP contribution in [-0.2, 0) is 14.2 Å². The summed E-state index contributed by atoms with van der Waals surface area (Å²) in [5.74, 6) is 0.580. The quantitative estimate of drug-likeness (QED) is 0.322. The first kappa shape index (κ1) is 24.9. The van der Waals surface area contributed by atoms with E-state index in [0.29, 0.717) is 38.9 Å². The molecular formula is C22H42N2O4. The molecule has 2 atom stereocenters. The van der Waals surface area contributed by atoms with Crippen molar-refractivity contribution >= 4 is 6.03 Å². The normalized spacial score (nSPS) is 22.2. The van der Waals surface area contributed by atoms with Crippen LogP contribution in [0, 0.1) is 5.92 Å². The zero-order chi connectivity index (χ0) is 20.7. The number of hydrogen-bond acceptors (Lipinski definition) is 4. The molecule has 2 N–H and O–H groups in total. The Morgan fingerprint density at radius 2 is 1.75 bits per heavy atom. The van der Waals surface area contributed by atoms with Crippen molar-refractivity contribution in [3.63, 3.8) is 0 Å². The smallest absolute Gasteiger partial charge is 0.315 e. The van der Waals surface area contributed by atoms with Gasteiger partial charge in [-0.05, 0) is 57.8 Å². The minimum absolute atomic E-state index is 0.0517. The zero-order valence-corrected chi connectivity index (χ0v) is 18.3. The Labute approximate surface area is 171 Å². The summed E-state index contributed by atoms with van der Waals surface area (Å²) in [6, 6.07) is -0.0517. The SMILES string of the molecule is C=C1CC(C)CC(CC)(NC(=O)NCCCCCOCCOCCOCC)C1. The molecule has 0 saturated heterocycles. The fourth-order valence-corrected chi connectivity index (χ4v) is 3.88. The van der Waals surface area contributed by atoms with Crippen LogP contribution in [0.4, 0.5) is 4.79 Å². The lowest BCUT2D eigenvalue weighted by molar-refractivity contribution is 0.0162. The van der Waals surface area contributed by atoms with E-state index in [2.05, 4.69) is 31.1 Å². The number of hydrogen-bond donors (Lipinski definition) is 2. The Morgan fingerprint density at radius 1 is 1.07 bits per heavy atom. The molecule has 6 heteroatoms. The summed E-state index contributed by atoms with van der Waals surface area (Å²) in [5, 5.41) is 6.23. The van der Waals surface area contributed by atoms with E-state index in [1.807, 2.05) is 6.92 Å². The van der Waals surface area contributed by atoms with E-state index in [0.717, 1.165) is 58.2 Å². The monoisotopic (exact) mass is 398 g/mol. The average Bonchev–Trinajstić information content (AvgIpc) is 2.64. The highest BCUT2D eigenvalue weighted by Crippen LogP contribution is 2.36. The third-order valence-electron chi connectivity index (χ3n) is 5.22. The van der Waals surface area contributed by atoms with Crippen molar-refractivity contribution in [2.45, 2.75) is 71.3 Å². The van der Waals surface area contributed by atoms with Crippen LogP contribution in [0.1, 0.15) is 65.7 Å². The number of ether oxygens (including phenoxy) is 3. The van der Waals surface area contributed by atoms with E-state index in [1.54, 1.807) is 0 Å². The number of carbonyl (C=O) groups excluding carboxylic acids is 1. The van der Waals surface area contributed by atoms with Crippen molar-refractivity contribution < 1.29 is 19.0 Å². The van der Waals surface area contributed by atoms with Gasteiger partial charge in [-0.15, -0.1) is 0 Å². The molecule has 1 aliphatic carbocycles. The minimum atomic E-state index is -0.128. The molecule has 0 aromatic carbocycles. The highest BCUT2D eigenvalue weighted by molar-refractivity contribution is 5.74. The van der Waals surface area contributed by atoms with Crippen LogP contribution in [-0.4, -0.2) is 57.8 Å². The Balaban J connectivity index is 2.00. The van der Waals surface area contributed by atoms with Crippen molar-refractivity contribution in [2.75, 3.05) is 46.2 Å². The number of carbonyl (C=O) groups is 1. The second kappa shape index (κ2) is 14.8. The van der Waals surface area contributed by atoms with E-state index in [1.165, 1.54) is 5.57 Å². The summed E-state index contributed by atoms with van der Waals surface area (Å²) < 4.78 is 16.1. The Kier molecular flexibility index (Phi) is 13.2. The predicted octanol–water partition coefficient (Wildman–Crippen LogP) is 4.05. The molecule has 1 aliphatic rings. The van der Waals surface area contributed by atoms with E-state index in [-0.39, 0.29) is 11.6 Å². The maximum Gasteiger partial charge on any atom is 0.315 e. The molecule has 0 aromatic heterocycles. The first-order valence-corrected chi connectivity index (χ1v) is 11.0. The van der Waals surface area contributed by atoms with E-state index < -0.39 is 0 Å². The minimum Gasteiger partial charge on any atom is -0.379 e. The molecule has 164 valence electrons. The number of rotatable bonds is 15. The molecule has 0 aromatic rings. The van der Waals surface area contributed by atoms with Crippen LogP contribution in [0.2, 0.25) is 0 Å². The van der Waals surface area contributed by atoms with Crippen LogP contribution in [0.3, 0.4) is 0 Å². The van der Waals surface area contributed by atoms with Crippen molar-refractivity contribution in [1.82, 2.24) is 10.6 Å². The highest BCUT2D eigenvalue weighted by Gasteiger charge is 2.36. The van der Waals surface area contributed by atoms with Gasteiger partial charge in [0.15, 0.2) is 0 Å². The van der Waals surface area contributed by atoms with Crippen LogP contribution < -0.4 is 10.6 Å². The second-order valence-corrected chi connectivity index (χ2v) is 7.94. The lowest BCUT2D eigenvalue weighted by Gasteiger charge is -2.41. The van der Waals surface area contributed by atoms with Gasteiger partial charge in [0.25, 0.3) is 0 Å². The van der Waals surface area contributed by atoms with Gasteiger partial charge in [0.1, 0.15) is 0 Å². The van der Waals surface area contributed by atoms with E-state index in [9.17, 15) is 4.79 Å². The molecule has 2 unspecified atom stereocenters. The van der Waals surface area contributed by atoms with E-state index in [4.69, 9.17) is 14.2 Å². The van der Waals surface area contributed by atoms with Crippen molar-refractivity contribution in [3.8, 4) is 0 Å². The summed E-state index contributed by atoms with van der Waals surface area (Å²) >= 11 is 0. The molecule has 6 nitrogen and oxygen atoms in total. The van der Waals surface area contributed by atoms with Gasteiger partial charge in [0, 0.05) is 25.3 Å². The molecule has 1 rings (SSSR count). The lowest BCUT2D eigenvalue weighted by atomic mass is 9.73. The molecule has 0 spiro atoms. The second-order valence-electron chi connectivity index (χ2n) is 7.94. The molecule has 0 heterocycles. The van der Waals surface area contributed by atoms with Gasteiger partial charge in [-0.3, -0.25) is 0 Å². The summed E-state index contributed by atoms with van der Waals surface area (Å²) in [5.41, 5.74) is 1.12. The van der Waals surface area contributed by atoms with Crippen molar-refractivity contribution in [2.24, 2.45) is 5.92 Å². The van der Waals surface area contributed by atoms with Gasteiger partial charge < -0.3 is 24.8 Å². The van der Waals surface area contributed by atoms with Crippen LogP contribution in [0.25, 0.3) is 0 Å². The summed E-state index contributed by atoms with van der Waals surface area (Å²) in [7, 11) is 0. The molecular weight excluding hydrogens is 356 g/mol. The number of urea groups is 1. The van der Waals surface area contributed by atoms with Gasteiger partial charge in [0.05, 0.1) is 26.4 Å². The molecule has 1 saturated carbocycles. The molecule has 28 heavy (non-hydrogen) atoms. The van der Waals surface area contributed by atoms with Gasteiger partial charge in [-0.2, -0.15) is 0 Å². The van der Waals surface area contributed by atoms with Crippen LogP contribution in [0.5, 0.6) is 0 Å². The summed E-state index contributed by atoms with van der Waals surface area (Å²) in [6.45, 7) is 15.2. The number of nitrogens with one attached hydrogen (secondary N) is 2. The predicted molar refractivity (Wildman–Crippen MR) is 114 cm³/mol. The fourth-order valence-electron chi connectivity index (χ4n) is 3.88. The maximum absolute atomic E-state index is 12.3. The Morgan fingerprint density at radius 3 is 2.39 bits per heavy atom. The highest BCUT2D eigenvalue weighted by atomic mass is 16.5. The molecule has 2 amide bonds. The average molecular weight is 399 g/mol. The lowest BCUT2D eigenvalue weighted by Crippen LogP contribution is -2.54. The number of amides is 2. The third kappa shape index (κ3) is 11.0. The standard InChI is InChI=1S/C22H42N2O4/c1-5-22(17-19(3)16-20(4)18-22)24-21(25)23-10-8-7-9-11-27-14-15-28-13-12-26-6-2/h20H,3,5-18H2,1-2,4H3,(H2,23,24,25). The maximum atomic E-state index is 12.3. The third-order valence-corrected chi connectivity index (χ3v) is 5.22. The molecule has 1 fully saturated rings. The van der Waals surface area contributed by atoms with Gasteiger partial charge in [-0.25, -0.2) is 4.79 Å². The van der Waals surface area contributed by atoms with Gasteiger partial charge >= 0.3 is 6.03 Å². The van der Waals surface area contributed by atoms with Crippen LogP contribution in [0.15, 0.2) is 12.2 Å². The number of unbranched alkanes of at least 4 members (excludes halogenated alkanes) is 2. The molecule has 0 aliphatic heterocycles. The van der Waals surface area contributed by atoms with Gasteiger partial charge in [-0.1, -0.05) is 26.0 Å². The summed E-state index contributed by atoms with van der Waals surface area (Å²) in [4.78, 5) is 12.3. The first-order chi connectivity index (χ1) is 13.5. The Hall–Kier alpha value is -1.11. The fraction of sp³-hybridized carbons (Fsp3) is 0.864. The van der Waals surface area contributed by atoms with Crippen molar-refractivity contribution in [1.29, 1.82) is 0 Å². The first-order valence-electron chi connectivity index (χ1n) is 11.0. The topological polar surface area (TPSA) is 68.8 Å². The largest absolute Gasteiger partial charge is 0.379 e. The zero-order valence-electron chi connectivity index (χ0n) is 18.3. The van der Waals surface area contributed by atoms with Crippen molar-refractivity contribution in [3.05, 3.63) is 12.2 Å². The van der Waals surface area contributed by atoms with E-state index >= 15 is 0 Å². The summed E-state index contributed by atoms with van der Waals surface area (Å²) in [6.07, 6.45) is 6.94.